The molecule has 0 aromatic heterocycles. The van der Waals surface area contributed by atoms with E-state index in [-0.39, 0.29) is 43.0 Å². The number of hydrogen-bond acceptors (Lipinski definition) is 3. The van der Waals surface area contributed by atoms with Crippen LogP contribution >= 0.6 is 0 Å². The Labute approximate surface area is 129 Å². The van der Waals surface area contributed by atoms with Crippen molar-refractivity contribution in [2.24, 2.45) is 5.92 Å². The summed E-state index contributed by atoms with van der Waals surface area (Å²) in [6.07, 6.45) is 4.12. The van der Waals surface area contributed by atoms with E-state index in [1.165, 1.54) is 6.07 Å². The number of ether oxygens (including phenoxy) is 1. The molecule has 0 radical (unpaired) electrons. The molecule has 0 bridgehead atoms. The summed E-state index contributed by atoms with van der Waals surface area (Å²) in [4.78, 5) is 11.8. The molecular weight excluding hydrogens is 287 g/mol. The summed E-state index contributed by atoms with van der Waals surface area (Å²) in [6.45, 7) is 2.10. The highest BCUT2D eigenvalue weighted by Gasteiger charge is 2.19. The first-order valence-electron chi connectivity index (χ1n) is 7.33. The van der Waals surface area contributed by atoms with E-state index < -0.39 is 5.82 Å². The average Bonchev–Trinajstić information content (AvgIpc) is 2.95. The first kappa shape index (κ1) is 16.3. The quantitative estimate of drug-likeness (QED) is 0.702. The molecule has 2 rings (SSSR count). The van der Waals surface area contributed by atoms with Crippen molar-refractivity contribution >= 4 is 6.03 Å². The number of amides is 2. The van der Waals surface area contributed by atoms with Crippen molar-refractivity contribution in [3.8, 4) is 5.75 Å². The van der Waals surface area contributed by atoms with Crippen LogP contribution in [0.5, 0.6) is 5.75 Å². The van der Waals surface area contributed by atoms with Gasteiger partial charge in [-0.1, -0.05) is 24.3 Å². The molecule has 120 valence electrons. The van der Waals surface area contributed by atoms with Gasteiger partial charge in [-0.2, -0.15) is 0 Å². The fourth-order valence-electron chi connectivity index (χ4n) is 2.27. The zero-order valence-corrected chi connectivity index (χ0v) is 12.5. The third-order valence-corrected chi connectivity index (χ3v) is 3.44. The summed E-state index contributed by atoms with van der Waals surface area (Å²) in [5, 5.41) is 14.5. The maximum atomic E-state index is 13.4. The summed E-state index contributed by atoms with van der Waals surface area (Å²) in [5.41, 5.74) is 0. The predicted octanol–water partition coefficient (Wildman–Crippen LogP) is 1.83. The minimum Gasteiger partial charge on any atom is -0.486 e. The van der Waals surface area contributed by atoms with Crippen molar-refractivity contribution in [1.29, 1.82) is 0 Å². The van der Waals surface area contributed by atoms with Gasteiger partial charge in [-0.25, -0.2) is 9.18 Å². The Morgan fingerprint density at radius 1 is 1.45 bits per heavy atom. The summed E-state index contributed by atoms with van der Waals surface area (Å²) in [6, 6.07) is 5.77. The van der Waals surface area contributed by atoms with Crippen LogP contribution in [0.15, 0.2) is 36.4 Å². The molecule has 3 N–H and O–H groups in total. The molecule has 0 saturated heterocycles. The summed E-state index contributed by atoms with van der Waals surface area (Å²) in [5.74, 6) is -0.153. The lowest BCUT2D eigenvalue weighted by molar-refractivity contribution is 0.200. The molecular formula is C16H21FN2O3. The lowest BCUT2D eigenvalue weighted by Gasteiger charge is -2.17. The van der Waals surface area contributed by atoms with Crippen LogP contribution in [0.3, 0.4) is 0 Å². The second kappa shape index (κ2) is 7.79. The second-order valence-corrected chi connectivity index (χ2v) is 5.38. The molecule has 2 amide bonds. The molecule has 5 nitrogen and oxygen atoms in total. The van der Waals surface area contributed by atoms with Crippen molar-refractivity contribution in [1.82, 2.24) is 10.6 Å². The lowest BCUT2D eigenvalue weighted by atomic mass is 10.1. The Morgan fingerprint density at radius 2 is 2.23 bits per heavy atom. The van der Waals surface area contributed by atoms with E-state index in [2.05, 4.69) is 10.6 Å². The van der Waals surface area contributed by atoms with Crippen LogP contribution in [0.4, 0.5) is 9.18 Å². The minimum atomic E-state index is -0.426. The SMILES string of the molecule is CC(CNC(=O)N[C@@H]1C=C[C@H](CO)C1)Oc1ccccc1F. The topological polar surface area (TPSA) is 70.6 Å². The maximum absolute atomic E-state index is 13.4. The first-order valence-corrected chi connectivity index (χ1v) is 7.33. The molecule has 0 aliphatic heterocycles. The van der Waals surface area contributed by atoms with Crippen molar-refractivity contribution in [3.05, 3.63) is 42.2 Å². The maximum Gasteiger partial charge on any atom is 0.315 e. The standard InChI is InChI=1S/C16H21FN2O3/c1-11(22-15-5-3-2-4-14(15)17)9-18-16(21)19-13-7-6-12(8-13)10-20/h2-7,11-13,20H,8-10H2,1H3,(H2,18,19,21)/t11?,12-,13+/m0/s1. The lowest BCUT2D eigenvalue weighted by Crippen LogP contribution is -2.44. The molecule has 0 spiro atoms. The monoisotopic (exact) mass is 308 g/mol. The number of rotatable bonds is 6. The fourth-order valence-corrected chi connectivity index (χ4v) is 2.27. The van der Waals surface area contributed by atoms with E-state index in [4.69, 9.17) is 9.84 Å². The molecule has 1 aromatic carbocycles. The van der Waals surface area contributed by atoms with Crippen LogP contribution in [0.1, 0.15) is 13.3 Å². The number of para-hydroxylation sites is 1. The van der Waals surface area contributed by atoms with Gasteiger partial charge < -0.3 is 20.5 Å². The third-order valence-electron chi connectivity index (χ3n) is 3.44. The van der Waals surface area contributed by atoms with Gasteiger partial charge in [-0.05, 0) is 25.5 Å². The smallest absolute Gasteiger partial charge is 0.315 e. The van der Waals surface area contributed by atoms with Gasteiger partial charge >= 0.3 is 6.03 Å². The molecule has 6 heteroatoms. The zero-order valence-electron chi connectivity index (χ0n) is 12.5. The van der Waals surface area contributed by atoms with Gasteiger partial charge in [0.1, 0.15) is 6.10 Å². The van der Waals surface area contributed by atoms with E-state index >= 15 is 0 Å². The van der Waals surface area contributed by atoms with Crippen LogP contribution in [-0.4, -0.2) is 36.4 Å². The third kappa shape index (κ3) is 4.73. The minimum absolute atomic E-state index is 0.0695. The Balaban J connectivity index is 1.70. The number of aliphatic hydroxyl groups is 1. The van der Waals surface area contributed by atoms with E-state index in [0.717, 1.165) is 0 Å². The van der Waals surface area contributed by atoms with Gasteiger partial charge in [0.15, 0.2) is 11.6 Å². The number of halogens is 1. The van der Waals surface area contributed by atoms with Crippen LogP contribution in [0.25, 0.3) is 0 Å². The van der Waals surface area contributed by atoms with Crippen molar-refractivity contribution in [2.45, 2.75) is 25.5 Å². The fraction of sp³-hybridized carbons (Fsp3) is 0.438. The van der Waals surface area contributed by atoms with Gasteiger partial charge in [-0.15, -0.1) is 0 Å². The molecule has 3 atom stereocenters. The molecule has 0 fully saturated rings. The molecule has 0 saturated carbocycles. The second-order valence-electron chi connectivity index (χ2n) is 5.38. The highest BCUT2D eigenvalue weighted by atomic mass is 19.1. The molecule has 22 heavy (non-hydrogen) atoms. The van der Waals surface area contributed by atoms with Crippen LogP contribution in [0.2, 0.25) is 0 Å². The number of carbonyl (C=O) groups is 1. The van der Waals surface area contributed by atoms with E-state index in [1.54, 1.807) is 25.1 Å². The summed E-state index contributed by atoms with van der Waals surface area (Å²) < 4.78 is 18.9. The number of hydrogen-bond donors (Lipinski definition) is 3. The highest BCUT2D eigenvalue weighted by molar-refractivity contribution is 5.74. The molecule has 0 heterocycles. The van der Waals surface area contributed by atoms with Crippen molar-refractivity contribution < 1.29 is 19.0 Å². The van der Waals surface area contributed by atoms with Crippen LogP contribution in [-0.2, 0) is 0 Å². The highest BCUT2D eigenvalue weighted by Crippen LogP contribution is 2.17. The van der Waals surface area contributed by atoms with Gasteiger partial charge in [0.25, 0.3) is 0 Å². The molecule has 1 unspecified atom stereocenters. The summed E-state index contributed by atoms with van der Waals surface area (Å²) in [7, 11) is 0. The number of urea groups is 1. The normalized spacial score (nSPS) is 21.4. The van der Waals surface area contributed by atoms with Crippen molar-refractivity contribution in [3.63, 3.8) is 0 Å². The Hall–Kier alpha value is -2.08. The van der Waals surface area contributed by atoms with E-state index in [0.29, 0.717) is 6.42 Å². The molecule has 1 aliphatic carbocycles. The average molecular weight is 308 g/mol. The van der Waals surface area contributed by atoms with E-state index in [1.807, 2.05) is 12.2 Å². The Kier molecular flexibility index (Phi) is 5.77. The molecule has 1 aliphatic rings. The largest absolute Gasteiger partial charge is 0.486 e. The number of benzene rings is 1. The van der Waals surface area contributed by atoms with Crippen LogP contribution in [0, 0.1) is 11.7 Å². The number of aliphatic hydroxyl groups excluding tert-OH is 1. The van der Waals surface area contributed by atoms with Gasteiger partial charge in [0.2, 0.25) is 0 Å². The van der Waals surface area contributed by atoms with Crippen molar-refractivity contribution in [2.75, 3.05) is 13.2 Å². The van der Waals surface area contributed by atoms with Gasteiger partial charge in [0, 0.05) is 18.6 Å². The van der Waals surface area contributed by atoms with Crippen LogP contribution < -0.4 is 15.4 Å². The van der Waals surface area contributed by atoms with Gasteiger partial charge in [0.05, 0.1) is 6.54 Å². The Morgan fingerprint density at radius 3 is 2.91 bits per heavy atom. The van der Waals surface area contributed by atoms with Gasteiger partial charge in [-0.3, -0.25) is 0 Å². The Bertz CT molecular complexity index is 536. The molecule has 1 aromatic rings. The zero-order chi connectivity index (χ0) is 15.9. The van der Waals surface area contributed by atoms with E-state index in [9.17, 15) is 9.18 Å². The number of nitrogens with one attached hydrogen (secondary N) is 2. The summed E-state index contributed by atoms with van der Waals surface area (Å²) >= 11 is 0. The predicted molar refractivity (Wildman–Crippen MR) is 81.1 cm³/mol. The number of carbonyl (C=O) groups excluding carboxylic acids is 1. The first-order chi connectivity index (χ1) is 10.6.